The van der Waals surface area contributed by atoms with Crippen molar-refractivity contribution in [3.05, 3.63) is 82.5 Å². The maximum Gasteiger partial charge on any atom is 0.213 e. The fourth-order valence-corrected chi connectivity index (χ4v) is 6.69. The van der Waals surface area contributed by atoms with Gasteiger partial charge in [-0.2, -0.15) is 0 Å². The second-order valence-electron chi connectivity index (χ2n) is 11.9. The summed E-state index contributed by atoms with van der Waals surface area (Å²) in [6, 6.07) is 16.6. The number of nitrogens with one attached hydrogen (secondary N) is 2. The van der Waals surface area contributed by atoms with Gasteiger partial charge in [0.1, 0.15) is 24.1 Å². The van der Waals surface area contributed by atoms with Gasteiger partial charge in [0, 0.05) is 40.4 Å². The minimum absolute atomic E-state index is 0.0842. The molecule has 5 heterocycles. The number of thioether (sulfide) groups is 1. The molecule has 7 rings (SSSR count). The molecular formula is C33H35ClFN9O2S. The Bertz CT molecular complexity index is 1890. The molecule has 4 N–H and O–H groups in total. The van der Waals surface area contributed by atoms with Gasteiger partial charge >= 0.3 is 0 Å². The van der Waals surface area contributed by atoms with Gasteiger partial charge in [0.15, 0.2) is 5.82 Å². The number of halogens is 2. The number of fused-ring (bicyclic) bond motifs is 1. The number of hydrogen-bond acceptors (Lipinski definition) is 9. The molecule has 47 heavy (non-hydrogen) atoms. The highest BCUT2D eigenvalue weighted by Gasteiger charge is 2.26. The summed E-state index contributed by atoms with van der Waals surface area (Å²) in [5.41, 5.74) is 9.78. The summed E-state index contributed by atoms with van der Waals surface area (Å²) in [6.07, 6.45) is 3.18. The lowest BCUT2D eigenvalue weighted by atomic mass is 9.93. The van der Waals surface area contributed by atoms with Gasteiger partial charge < -0.3 is 19.8 Å². The van der Waals surface area contributed by atoms with Gasteiger partial charge in [-0.3, -0.25) is 15.4 Å². The lowest BCUT2D eigenvalue weighted by molar-refractivity contribution is -0.0592. The van der Waals surface area contributed by atoms with E-state index in [4.69, 9.17) is 42.2 Å². The van der Waals surface area contributed by atoms with Crippen molar-refractivity contribution in [2.24, 2.45) is 5.73 Å². The van der Waals surface area contributed by atoms with E-state index >= 15 is 0 Å². The number of hydrogen-bond donors (Lipinski definition) is 3. The molecule has 0 radical (unpaired) electrons. The van der Waals surface area contributed by atoms with Crippen LogP contribution in [0.4, 0.5) is 4.39 Å². The first-order chi connectivity index (χ1) is 22.9. The first kappa shape index (κ1) is 31.6. The normalized spacial score (nSPS) is 17.2. The average molecular weight is 676 g/mol. The van der Waals surface area contributed by atoms with Crippen LogP contribution < -0.4 is 10.5 Å². The zero-order valence-electron chi connectivity index (χ0n) is 25.7. The Morgan fingerprint density at radius 1 is 1.11 bits per heavy atom. The molecule has 5 aromatic rings. The molecule has 244 valence electrons. The van der Waals surface area contributed by atoms with E-state index in [9.17, 15) is 4.39 Å². The molecule has 14 heteroatoms. The molecule has 3 aromatic heterocycles. The number of ether oxygens (including phenoxy) is 2. The summed E-state index contributed by atoms with van der Waals surface area (Å²) in [6.45, 7) is 4.23. The van der Waals surface area contributed by atoms with Crippen LogP contribution in [-0.4, -0.2) is 72.0 Å². The smallest absolute Gasteiger partial charge is 0.213 e. The topological polar surface area (TPSA) is 144 Å². The van der Waals surface area contributed by atoms with E-state index in [1.807, 2.05) is 30.3 Å². The molecule has 2 aliphatic rings. The molecule has 0 bridgehead atoms. The molecule has 0 aliphatic carbocycles. The molecule has 0 unspecified atom stereocenters. The lowest BCUT2D eigenvalue weighted by Crippen LogP contribution is -2.35. The standard InChI is InChI=1S/C33H35ClFN9O2S/c34-23-6-4-22(25(35)15-23)18-46-31-3-1-2-26(39-31)20-8-11-43(12-9-20)17-30-38-27-14-21(32-40-33(42-41-32)47-19-29(36)37)5-7-28(27)44(30)16-24-10-13-45-24/h1-7,14-15,20,24H,8-13,16-19H2,(H3,36,37)(H,40,41,42)/t24-/m0/s1. The third kappa shape index (κ3) is 7.43. The molecule has 2 aliphatic heterocycles. The number of piperidine rings is 1. The van der Waals surface area contributed by atoms with E-state index < -0.39 is 0 Å². The molecular weight excluding hydrogens is 641 g/mol. The van der Waals surface area contributed by atoms with Gasteiger partial charge in [-0.15, -0.1) is 5.10 Å². The predicted octanol–water partition coefficient (Wildman–Crippen LogP) is 5.78. The van der Waals surface area contributed by atoms with Crippen LogP contribution in [-0.2, 0) is 24.4 Å². The van der Waals surface area contributed by atoms with Crippen molar-refractivity contribution >= 4 is 40.2 Å². The fraction of sp³-hybridized carbons (Fsp3) is 0.364. The van der Waals surface area contributed by atoms with Crippen LogP contribution in [0.25, 0.3) is 22.4 Å². The zero-order chi connectivity index (χ0) is 32.3. The largest absolute Gasteiger partial charge is 0.473 e. The van der Waals surface area contributed by atoms with Crippen LogP contribution in [0.15, 0.2) is 59.8 Å². The van der Waals surface area contributed by atoms with Crippen molar-refractivity contribution in [1.82, 2.24) is 34.6 Å². The second-order valence-corrected chi connectivity index (χ2v) is 13.3. The number of rotatable bonds is 12. The summed E-state index contributed by atoms with van der Waals surface area (Å²) in [7, 11) is 0. The van der Waals surface area contributed by atoms with Gasteiger partial charge in [0.25, 0.3) is 0 Å². The zero-order valence-corrected chi connectivity index (χ0v) is 27.2. The Kier molecular flexibility index (Phi) is 9.39. The van der Waals surface area contributed by atoms with E-state index in [0.717, 1.165) is 80.2 Å². The summed E-state index contributed by atoms with van der Waals surface area (Å²) in [5, 5.41) is 15.6. The van der Waals surface area contributed by atoms with Crippen molar-refractivity contribution in [2.45, 2.75) is 56.1 Å². The molecule has 0 spiro atoms. The van der Waals surface area contributed by atoms with Crippen LogP contribution in [0.2, 0.25) is 5.02 Å². The lowest BCUT2D eigenvalue weighted by Gasteiger charge is -2.32. The number of H-pyrrole nitrogens is 1. The Morgan fingerprint density at radius 2 is 1.96 bits per heavy atom. The Balaban J connectivity index is 1.02. The number of aromatic amines is 1. The number of benzene rings is 2. The van der Waals surface area contributed by atoms with Gasteiger partial charge in [-0.1, -0.05) is 35.5 Å². The minimum atomic E-state index is -0.389. The number of imidazole rings is 1. The van der Waals surface area contributed by atoms with Crippen LogP contribution >= 0.6 is 23.4 Å². The minimum Gasteiger partial charge on any atom is -0.473 e. The van der Waals surface area contributed by atoms with Gasteiger partial charge in [0.2, 0.25) is 11.0 Å². The molecule has 2 saturated heterocycles. The Morgan fingerprint density at radius 3 is 2.72 bits per heavy atom. The second kappa shape index (κ2) is 14.0. The van der Waals surface area contributed by atoms with E-state index in [1.54, 1.807) is 12.1 Å². The summed E-state index contributed by atoms with van der Waals surface area (Å²) >= 11 is 7.20. The van der Waals surface area contributed by atoms with Gasteiger partial charge in [-0.25, -0.2) is 19.3 Å². The maximum absolute atomic E-state index is 14.2. The third-order valence-corrected chi connectivity index (χ3v) is 9.74. The van der Waals surface area contributed by atoms with E-state index in [2.05, 4.69) is 30.7 Å². The predicted molar refractivity (Wildman–Crippen MR) is 179 cm³/mol. The van der Waals surface area contributed by atoms with Crippen LogP contribution in [0.1, 0.15) is 42.3 Å². The van der Waals surface area contributed by atoms with Crippen molar-refractivity contribution in [3.63, 3.8) is 0 Å². The van der Waals surface area contributed by atoms with E-state index in [-0.39, 0.29) is 24.4 Å². The van der Waals surface area contributed by atoms with Crippen LogP contribution in [0.3, 0.4) is 0 Å². The van der Waals surface area contributed by atoms with Crippen molar-refractivity contribution in [2.75, 3.05) is 25.4 Å². The molecule has 2 fully saturated rings. The summed E-state index contributed by atoms with van der Waals surface area (Å²) in [4.78, 5) is 16.9. The SMILES string of the molecule is N=C(N)CSc1n[nH]c(-c2ccc3c(c2)nc(CN2CCC(c4cccc(OCc5ccc(Cl)cc5F)n4)CC2)n3C[C@@H]2CCO2)n1. The first-order valence-electron chi connectivity index (χ1n) is 15.6. The first-order valence-corrected chi connectivity index (χ1v) is 17.0. The number of likely N-dealkylation sites (tertiary alicyclic amines) is 1. The fourth-order valence-electron chi connectivity index (χ4n) is 5.98. The number of nitrogens with two attached hydrogens (primary N) is 1. The van der Waals surface area contributed by atoms with E-state index in [1.165, 1.54) is 17.8 Å². The third-order valence-electron chi connectivity index (χ3n) is 8.61. The molecule has 0 saturated carbocycles. The number of pyridine rings is 1. The van der Waals surface area contributed by atoms with Crippen LogP contribution in [0, 0.1) is 11.2 Å². The highest BCUT2D eigenvalue weighted by atomic mass is 35.5. The highest BCUT2D eigenvalue weighted by Crippen LogP contribution is 2.31. The van der Waals surface area contributed by atoms with Crippen LogP contribution in [0.5, 0.6) is 5.88 Å². The average Bonchev–Trinajstić information content (AvgIpc) is 3.66. The molecule has 2 aromatic carbocycles. The van der Waals surface area contributed by atoms with Crippen molar-refractivity contribution in [3.8, 4) is 17.3 Å². The van der Waals surface area contributed by atoms with Gasteiger partial charge in [0.05, 0.1) is 36.0 Å². The Labute approximate surface area is 280 Å². The molecule has 11 nitrogen and oxygen atoms in total. The van der Waals surface area contributed by atoms with E-state index in [0.29, 0.717) is 39.1 Å². The molecule has 0 amide bonds. The van der Waals surface area contributed by atoms with Crippen molar-refractivity contribution < 1.29 is 13.9 Å². The number of nitrogens with zero attached hydrogens (tertiary/aromatic N) is 6. The quantitative estimate of drug-likeness (QED) is 0.0851. The Hall–Kier alpha value is -4.04. The number of aromatic nitrogens is 6. The highest BCUT2D eigenvalue weighted by molar-refractivity contribution is 7.99. The summed E-state index contributed by atoms with van der Waals surface area (Å²) < 4.78 is 28.1. The maximum atomic E-state index is 14.2. The monoisotopic (exact) mass is 675 g/mol. The summed E-state index contributed by atoms with van der Waals surface area (Å²) in [5.74, 6) is 2.51. The molecule has 1 atom stereocenters. The van der Waals surface area contributed by atoms with Gasteiger partial charge in [-0.05, 0) is 68.8 Å². The van der Waals surface area contributed by atoms with Crippen molar-refractivity contribution in [1.29, 1.82) is 5.41 Å². The number of amidine groups is 1.